The Morgan fingerprint density at radius 1 is 1.08 bits per heavy atom. The Morgan fingerprint density at radius 2 is 1.72 bits per heavy atom. The van der Waals surface area contributed by atoms with Gasteiger partial charge in [-0.2, -0.15) is 0 Å². The number of ether oxygens (including phenoxy) is 1. The topological polar surface area (TPSA) is 39.2 Å². The van der Waals surface area contributed by atoms with Crippen LogP contribution in [0, 0.1) is 23.2 Å². The summed E-state index contributed by atoms with van der Waals surface area (Å²) in [4.78, 5) is 17.6. The summed E-state index contributed by atoms with van der Waals surface area (Å²) in [6.07, 6.45) is 8.43. The third kappa shape index (κ3) is 2.47. The average molecular weight is 376 g/mol. The van der Waals surface area contributed by atoms with E-state index in [-0.39, 0.29) is 11.4 Å². The zero-order valence-corrected chi connectivity index (χ0v) is 15.3. The van der Waals surface area contributed by atoms with Crippen molar-refractivity contribution in [2.75, 3.05) is 0 Å². The molecular formula is C20H19Cl2NO2. The molecule has 0 amide bonds. The second kappa shape index (κ2) is 5.59. The highest BCUT2D eigenvalue weighted by Gasteiger charge is 2.55. The SMILES string of the molecule is O=C(Oc1c(Cl)cc(Cl)c2cccnc12)C12CC3CC(CC(C3)C1)C2. The molecule has 4 saturated carbocycles. The van der Waals surface area contributed by atoms with Gasteiger partial charge in [0.2, 0.25) is 0 Å². The number of benzene rings is 1. The van der Waals surface area contributed by atoms with Gasteiger partial charge in [-0.3, -0.25) is 9.78 Å². The minimum absolute atomic E-state index is 0.122. The molecule has 0 radical (unpaired) electrons. The molecule has 5 heteroatoms. The van der Waals surface area contributed by atoms with E-state index in [0.717, 1.165) is 24.6 Å². The second-order valence-electron chi connectivity index (χ2n) is 8.16. The Labute approximate surface area is 156 Å². The number of carbonyl (C=O) groups excluding carboxylic acids is 1. The van der Waals surface area contributed by atoms with Crippen molar-refractivity contribution in [3.8, 4) is 5.75 Å². The quantitative estimate of drug-likeness (QED) is 0.501. The molecule has 4 aliphatic carbocycles. The zero-order valence-electron chi connectivity index (χ0n) is 13.8. The van der Waals surface area contributed by atoms with E-state index in [0.29, 0.717) is 39.1 Å². The van der Waals surface area contributed by atoms with E-state index in [9.17, 15) is 4.79 Å². The molecule has 0 aliphatic heterocycles. The van der Waals surface area contributed by atoms with Gasteiger partial charge < -0.3 is 4.74 Å². The molecule has 2 aromatic rings. The van der Waals surface area contributed by atoms with Crippen molar-refractivity contribution in [2.24, 2.45) is 23.2 Å². The number of pyridine rings is 1. The molecule has 0 unspecified atom stereocenters. The van der Waals surface area contributed by atoms with Crippen LogP contribution in [0.4, 0.5) is 0 Å². The largest absolute Gasteiger partial charge is 0.422 e. The van der Waals surface area contributed by atoms with Gasteiger partial charge in [-0.25, -0.2) is 0 Å². The summed E-state index contributed by atoms with van der Waals surface area (Å²) in [5.41, 5.74) is 0.233. The van der Waals surface area contributed by atoms with Crippen LogP contribution >= 0.6 is 23.2 Å². The van der Waals surface area contributed by atoms with Crippen LogP contribution in [-0.4, -0.2) is 11.0 Å². The van der Waals surface area contributed by atoms with Gasteiger partial charge in [0.15, 0.2) is 5.75 Å². The van der Waals surface area contributed by atoms with Crippen molar-refractivity contribution in [1.82, 2.24) is 4.98 Å². The molecule has 130 valence electrons. The summed E-state index contributed by atoms with van der Waals surface area (Å²) in [5, 5.41) is 1.61. The van der Waals surface area contributed by atoms with E-state index in [1.54, 1.807) is 12.3 Å². The van der Waals surface area contributed by atoms with Crippen molar-refractivity contribution >= 4 is 40.1 Å². The van der Waals surface area contributed by atoms with Crippen molar-refractivity contribution < 1.29 is 9.53 Å². The maximum absolute atomic E-state index is 13.2. The molecular weight excluding hydrogens is 357 g/mol. The van der Waals surface area contributed by atoms with Crippen LogP contribution < -0.4 is 4.74 Å². The first-order valence-corrected chi connectivity index (χ1v) is 9.75. The lowest BCUT2D eigenvalue weighted by atomic mass is 9.49. The zero-order chi connectivity index (χ0) is 17.2. The van der Waals surface area contributed by atoms with Crippen LogP contribution in [0.5, 0.6) is 5.75 Å². The van der Waals surface area contributed by atoms with Gasteiger partial charge in [0, 0.05) is 11.6 Å². The maximum atomic E-state index is 13.2. The van der Waals surface area contributed by atoms with E-state index in [1.807, 2.05) is 12.1 Å². The first kappa shape index (κ1) is 15.9. The lowest BCUT2D eigenvalue weighted by Crippen LogP contribution is -2.51. The van der Waals surface area contributed by atoms with Crippen LogP contribution in [0.15, 0.2) is 24.4 Å². The van der Waals surface area contributed by atoms with E-state index >= 15 is 0 Å². The summed E-state index contributed by atoms with van der Waals surface area (Å²) in [5.74, 6) is 2.29. The van der Waals surface area contributed by atoms with E-state index in [2.05, 4.69) is 4.98 Å². The van der Waals surface area contributed by atoms with Crippen LogP contribution in [0.2, 0.25) is 10.0 Å². The molecule has 0 spiro atoms. The van der Waals surface area contributed by atoms with Crippen LogP contribution in [0.1, 0.15) is 38.5 Å². The summed E-state index contributed by atoms with van der Waals surface area (Å²) < 4.78 is 5.91. The highest BCUT2D eigenvalue weighted by Crippen LogP contribution is 2.60. The number of nitrogens with zero attached hydrogens (tertiary/aromatic N) is 1. The standard InChI is InChI=1S/C20H19Cl2NO2/c21-15-7-16(22)18(17-14(15)2-1-3-23-17)25-19(24)20-8-11-4-12(9-20)6-13(5-11)10-20/h1-3,7,11-13H,4-6,8-10H2. The minimum atomic E-state index is -0.321. The minimum Gasteiger partial charge on any atom is -0.422 e. The summed E-state index contributed by atoms with van der Waals surface area (Å²) in [7, 11) is 0. The molecule has 0 N–H and O–H groups in total. The fraction of sp³-hybridized carbons (Fsp3) is 0.500. The number of halogens is 2. The third-order valence-electron chi connectivity index (χ3n) is 6.42. The second-order valence-corrected chi connectivity index (χ2v) is 8.97. The molecule has 0 atom stereocenters. The summed E-state index contributed by atoms with van der Waals surface area (Å²) in [6, 6.07) is 5.31. The number of rotatable bonds is 2. The predicted molar refractivity (Wildman–Crippen MR) is 98.0 cm³/mol. The van der Waals surface area contributed by atoms with Gasteiger partial charge >= 0.3 is 5.97 Å². The van der Waals surface area contributed by atoms with Crippen molar-refractivity contribution in [3.05, 3.63) is 34.4 Å². The summed E-state index contributed by atoms with van der Waals surface area (Å²) in [6.45, 7) is 0. The molecule has 6 rings (SSSR count). The molecule has 4 bridgehead atoms. The van der Waals surface area contributed by atoms with E-state index < -0.39 is 0 Å². The van der Waals surface area contributed by atoms with Gasteiger partial charge in [-0.05, 0) is 74.5 Å². The molecule has 25 heavy (non-hydrogen) atoms. The van der Waals surface area contributed by atoms with Crippen molar-refractivity contribution in [1.29, 1.82) is 0 Å². The lowest BCUT2D eigenvalue weighted by molar-refractivity contribution is -0.161. The van der Waals surface area contributed by atoms with Crippen LogP contribution in [-0.2, 0) is 4.79 Å². The first-order valence-electron chi connectivity index (χ1n) is 8.99. The number of hydrogen-bond acceptors (Lipinski definition) is 3. The predicted octanol–water partition coefficient (Wildman–Crippen LogP) is 5.66. The first-order chi connectivity index (χ1) is 12.0. The van der Waals surface area contributed by atoms with Gasteiger partial charge in [-0.15, -0.1) is 0 Å². The fourth-order valence-corrected chi connectivity index (χ4v) is 6.36. The number of hydrogen-bond donors (Lipinski definition) is 0. The van der Waals surface area contributed by atoms with E-state index in [1.165, 1.54) is 19.3 Å². The number of fused-ring (bicyclic) bond motifs is 1. The maximum Gasteiger partial charge on any atom is 0.317 e. The molecule has 1 aromatic heterocycles. The molecule has 3 nitrogen and oxygen atoms in total. The Hall–Kier alpha value is -1.32. The number of esters is 1. The van der Waals surface area contributed by atoms with Gasteiger partial charge in [0.1, 0.15) is 5.52 Å². The Bertz CT molecular complexity index is 844. The Morgan fingerprint density at radius 3 is 2.36 bits per heavy atom. The fourth-order valence-electron chi connectivity index (χ4n) is 5.81. The van der Waals surface area contributed by atoms with E-state index in [4.69, 9.17) is 27.9 Å². The molecule has 1 aromatic carbocycles. The van der Waals surface area contributed by atoms with Gasteiger partial charge in [0.25, 0.3) is 0 Å². The average Bonchev–Trinajstić information content (AvgIpc) is 2.57. The third-order valence-corrected chi connectivity index (χ3v) is 7.01. The van der Waals surface area contributed by atoms with Crippen LogP contribution in [0.25, 0.3) is 10.9 Å². The van der Waals surface area contributed by atoms with Crippen molar-refractivity contribution in [3.63, 3.8) is 0 Å². The lowest BCUT2D eigenvalue weighted by Gasteiger charge is -2.55. The highest BCUT2D eigenvalue weighted by molar-refractivity contribution is 6.39. The van der Waals surface area contributed by atoms with Crippen molar-refractivity contribution in [2.45, 2.75) is 38.5 Å². The molecule has 4 aliphatic rings. The summed E-state index contributed by atoms with van der Waals surface area (Å²) >= 11 is 12.6. The monoisotopic (exact) mass is 375 g/mol. The van der Waals surface area contributed by atoms with Crippen LogP contribution in [0.3, 0.4) is 0 Å². The smallest absolute Gasteiger partial charge is 0.317 e. The Balaban J connectivity index is 1.52. The number of aromatic nitrogens is 1. The molecule has 0 saturated heterocycles. The highest BCUT2D eigenvalue weighted by atomic mass is 35.5. The van der Waals surface area contributed by atoms with Gasteiger partial charge in [0.05, 0.1) is 15.5 Å². The molecule has 4 fully saturated rings. The van der Waals surface area contributed by atoms with Gasteiger partial charge in [-0.1, -0.05) is 23.2 Å². The molecule has 1 heterocycles. The Kier molecular flexibility index (Phi) is 3.55. The normalized spacial score (nSPS) is 33.0. The number of carbonyl (C=O) groups is 1.